The van der Waals surface area contributed by atoms with Crippen molar-refractivity contribution in [2.45, 2.75) is 31.7 Å². The number of aromatic nitrogens is 3. The summed E-state index contributed by atoms with van der Waals surface area (Å²) >= 11 is 12.7. The molecule has 6 nitrogen and oxygen atoms in total. The molecule has 140 valence electrons. The monoisotopic (exact) mass is 404 g/mol. The van der Waals surface area contributed by atoms with Gasteiger partial charge in [0.1, 0.15) is 5.82 Å². The number of anilines is 1. The van der Waals surface area contributed by atoms with Gasteiger partial charge in [-0.1, -0.05) is 23.2 Å². The molecule has 0 unspecified atom stereocenters. The van der Waals surface area contributed by atoms with Crippen LogP contribution < -0.4 is 4.90 Å². The van der Waals surface area contributed by atoms with Crippen molar-refractivity contribution < 1.29 is 9.90 Å². The summed E-state index contributed by atoms with van der Waals surface area (Å²) in [6.07, 6.45) is 8.02. The lowest BCUT2D eigenvalue weighted by molar-refractivity contribution is -0.137. The molecule has 4 rings (SSSR count). The van der Waals surface area contributed by atoms with Crippen molar-refractivity contribution >= 4 is 45.9 Å². The van der Waals surface area contributed by atoms with Crippen molar-refractivity contribution in [1.82, 2.24) is 14.5 Å². The van der Waals surface area contributed by atoms with Crippen LogP contribution in [0.3, 0.4) is 0 Å². The second-order valence-corrected chi connectivity index (χ2v) is 7.43. The molecule has 8 heteroatoms. The van der Waals surface area contributed by atoms with Gasteiger partial charge < -0.3 is 14.6 Å². The van der Waals surface area contributed by atoms with E-state index in [4.69, 9.17) is 33.3 Å². The first kappa shape index (κ1) is 18.1. The molecule has 1 saturated heterocycles. The molecule has 0 aliphatic carbocycles. The maximum absolute atomic E-state index is 11.0. The molecule has 1 aliphatic heterocycles. The minimum Gasteiger partial charge on any atom is -0.481 e. The van der Waals surface area contributed by atoms with Gasteiger partial charge >= 0.3 is 5.97 Å². The Labute approximate surface area is 166 Å². The smallest absolute Gasteiger partial charge is 0.303 e. The Morgan fingerprint density at radius 1 is 1.33 bits per heavy atom. The van der Waals surface area contributed by atoms with Gasteiger partial charge in [0.2, 0.25) is 0 Å². The number of carboxylic acid groups (broad SMARTS) is 1. The van der Waals surface area contributed by atoms with Crippen LogP contribution in [0.1, 0.15) is 25.7 Å². The van der Waals surface area contributed by atoms with Crippen molar-refractivity contribution in [3.8, 4) is 5.69 Å². The van der Waals surface area contributed by atoms with Crippen LogP contribution in [0, 0.1) is 0 Å². The fourth-order valence-corrected chi connectivity index (χ4v) is 4.05. The normalized spacial score (nSPS) is 17.0. The molecule has 3 aromatic rings. The first-order valence-electron chi connectivity index (χ1n) is 8.80. The van der Waals surface area contributed by atoms with Gasteiger partial charge in [0.15, 0.2) is 0 Å². The SMILES string of the molecule is O=C(O)CC[C@@H]1CCCN1c1cc(-n2ccnc2)c2ccc(Cl)c(Cl)c2n1. The van der Waals surface area contributed by atoms with E-state index in [1.807, 2.05) is 22.9 Å². The predicted molar refractivity (Wildman–Crippen MR) is 106 cm³/mol. The molecular weight excluding hydrogens is 387 g/mol. The minimum atomic E-state index is -0.776. The van der Waals surface area contributed by atoms with Crippen molar-refractivity contribution in [2.24, 2.45) is 0 Å². The Morgan fingerprint density at radius 3 is 2.93 bits per heavy atom. The first-order chi connectivity index (χ1) is 13.0. The molecule has 3 heterocycles. The fourth-order valence-electron chi connectivity index (χ4n) is 3.69. The molecule has 0 amide bonds. The number of aliphatic carboxylic acids is 1. The number of rotatable bonds is 5. The van der Waals surface area contributed by atoms with Crippen molar-refractivity contribution in [3.05, 3.63) is 47.0 Å². The standard InChI is InChI=1S/C19H18Cl2N4O2/c20-14-5-4-13-15(24-9-7-22-11-24)10-16(23-19(13)18(14)21)25-8-1-2-12(25)3-6-17(26)27/h4-5,7,9-12H,1-3,6,8H2,(H,26,27)/t12-/m0/s1. The van der Waals surface area contributed by atoms with Gasteiger partial charge in [0, 0.05) is 42.9 Å². The van der Waals surface area contributed by atoms with Crippen LogP contribution in [-0.2, 0) is 4.79 Å². The number of nitrogens with zero attached hydrogens (tertiary/aromatic N) is 4. The van der Waals surface area contributed by atoms with Gasteiger partial charge in [-0.05, 0) is 31.4 Å². The van der Waals surface area contributed by atoms with Crippen LogP contribution >= 0.6 is 23.2 Å². The summed E-state index contributed by atoms with van der Waals surface area (Å²) < 4.78 is 1.92. The van der Waals surface area contributed by atoms with Crippen molar-refractivity contribution in [2.75, 3.05) is 11.4 Å². The van der Waals surface area contributed by atoms with E-state index in [-0.39, 0.29) is 12.5 Å². The number of carbonyl (C=O) groups is 1. The van der Waals surface area contributed by atoms with Crippen LogP contribution in [0.5, 0.6) is 0 Å². The number of hydrogen-bond acceptors (Lipinski definition) is 4. The second-order valence-electron chi connectivity index (χ2n) is 6.65. The number of carboxylic acids is 1. The topological polar surface area (TPSA) is 71.2 Å². The summed E-state index contributed by atoms with van der Waals surface area (Å²) in [5.74, 6) is 0.00510. The lowest BCUT2D eigenvalue weighted by atomic mass is 10.1. The summed E-state index contributed by atoms with van der Waals surface area (Å²) in [4.78, 5) is 22.1. The van der Waals surface area contributed by atoms with Crippen LogP contribution in [0.4, 0.5) is 5.82 Å². The second kappa shape index (κ2) is 7.37. The van der Waals surface area contributed by atoms with Gasteiger partial charge in [0.25, 0.3) is 0 Å². The molecule has 1 N–H and O–H groups in total. The van der Waals surface area contributed by atoms with E-state index < -0.39 is 5.97 Å². The van der Waals surface area contributed by atoms with E-state index in [0.29, 0.717) is 22.0 Å². The Morgan fingerprint density at radius 2 is 2.19 bits per heavy atom. The molecule has 2 aromatic heterocycles. The van der Waals surface area contributed by atoms with E-state index in [0.717, 1.165) is 36.3 Å². The molecule has 0 radical (unpaired) electrons. The predicted octanol–water partition coefficient (Wildman–Crippen LogP) is 4.56. The first-order valence-corrected chi connectivity index (χ1v) is 9.55. The van der Waals surface area contributed by atoms with Gasteiger partial charge in [-0.15, -0.1) is 0 Å². The minimum absolute atomic E-state index is 0.149. The van der Waals surface area contributed by atoms with Crippen LogP contribution in [0.2, 0.25) is 10.0 Å². The Balaban J connectivity index is 1.83. The zero-order valence-electron chi connectivity index (χ0n) is 14.5. The molecule has 1 aromatic carbocycles. The summed E-state index contributed by atoms with van der Waals surface area (Å²) in [7, 11) is 0. The molecular formula is C19H18Cl2N4O2. The van der Waals surface area contributed by atoms with Crippen LogP contribution in [0.15, 0.2) is 36.9 Å². The molecule has 1 atom stereocenters. The molecule has 0 saturated carbocycles. The van der Waals surface area contributed by atoms with E-state index in [1.54, 1.807) is 18.6 Å². The Kier molecular flexibility index (Phi) is 4.93. The molecule has 1 fully saturated rings. The third-order valence-corrected chi connectivity index (χ3v) is 5.78. The van der Waals surface area contributed by atoms with Gasteiger partial charge in [0.05, 0.1) is 27.6 Å². The van der Waals surface area contributed by atoms with Crippen molar-refractivity contribution in [1.29, 1.82) is 0 Å². The maximum atomic E-state index is 11.0. The van der Waals surface area contributed by atoms with E-state index in [2.05, 4.69) is 9.88 Å². The summed E-state index contributed by atoms with van der Waals surface area (Å²) in [5.41, 5.74) is 1.55. The van der Waals surface area contributed by atoms with Gasteiger partial charge in [-0.25, -0.2) is 9.97 Å². The zero-order valence-corrected chi connectivity index (χ0v) is 16.0. The van der Waals surface area contributed by atoms with Crippen molar-refractivity contribution in [3.63, 3.8) is 0 Å². The summed E-state index contributed by atoms with van der Waals surface area (Å²) in [6, 6.07) is 5.83. The highest BCUT2D eigenvalue weighted by Gasteiger charge is 2.27. The van der Waals surface area contributed by atoms with Crippen LogP contribution in [-0.4, -0.2) is 38.2 Å². The highest BCUT2D eigenvalue weighted by molar-refractivity contribution is 6.45. The number of fused-ring (bicyclic) bond motifs is 1. The Bertz CT molecular complexity index is 991. The van der Waals surface area contributed by atoms with Gasteiger partial charge in [-0.2, -0.15) is 0 Å². The molecule has 1 aliphatic rings. The number of benzene rings is 1. The average Bonchev–Trinajstić information content (AvgIpc) is 3.34. The third-order valence-electron chi connectivity index (χ3n) is 4.98. The van der Waals surface area contributed by atoms with E-state index in [9.17, 15) is 4.79 Å². The quantitative estimate of drug-likeness (QED) is 0.674. The highest BCUT2D eigenvalue weighted by atomic mass is 35.5. The number of imidazole rings is 1. The number of pyridine rings is 1. The summed E-state index contributed by atoms with van der Waals surface area (Å²) in [5, 5.41) is 10.8. The van der Waals surface area contributed by atoms with Gasteiger partial charge in [-0.3, -0.25) is 4.79 Å². The Hall–Kier alpha value is -2.31. The summed E-state index contributed by atoms with van der Waals surface area (Å²) in [6.45, 7) is 0.838. The largest absolute Gasteiger partial charge is 0.481 e. The lowest BCUT2D eigenvalue weighted by Crippen LogP contribution is -2.30. The highest BCUT2D eigenvalue weighted by Crippen LogP contribution is 2.36. The fraction of sp³-hybridized carbons (Fsp3) is 0.316. The van der Waals surface area contributed by atoms with E-state index in [1.165, 1.54) is 0 Å². The number of halogens is 2. The lowest BCUT2D eigenvalue weighted by Gasteiger charge is -2.26. The maximum Gasteiger partial charge on any atom is 0.303 e. The molecule has 27 heavy (non-hydrogen) atoms. The zero-order chi connectivity index (χ0) is 19.0. The average molecular weight is 405 g/mol. The molecule has 0 spiro atoms. The number of hydrogen-bond donors (Lipinski definition) is 1. The third kappa shape index (κ3) is 3.47. The van der Waals surface area contributed by atoms with Crippen LogP contribution in [0.25, 0.3) is 16.6 Å². The van der Waals surface area contributed by atoms with E-state index >= 15 is 0 Å². The molecule has 0 bridgehead atoms.